The van der Waals surface area contributed by atoms with Crippen molar-refractivity contribution in [2.45, 2.75) is 32.6 Å². The van der Waals surface area contributed by atoms with Crippen molar-refractivity contribution in [3.63, 3.8) is 0 Å². The van der Waals surface area contributed by atoms with Crippen LogP contribution in [0.3, 0.4) is 0 Å². The quantitative estimate of drug-likeness (QED) is 0.871. The average molecular weight is 234 g/mol. The Kier molecular flexibility index (Phi) is 4.00. The molecule has 2 unspecified atom stereocenters. The van der Waals surface area contributed by atoms with Crippen LogP contribution in [0.2, 0.25) is 0 Å². The smallest absolute Gasteiger partial charge is 0.126 e. The third-order valence-corrected chi connectivity index (χ3v) is 3.69. The van der Waals surface area contributed by atoms with Gasteiger partial charge in [-0.2, -0.15) is 0 Å². The van der Waals surface area contributed by atoms with Gasteiger partial charge in [0.25, 0.3) is 0 Å². The minimum absolute atomic E-state index is 0.496. The molecule has 0 aliphatic carbocycles. The largest absolute Gasteiger partial charge is 0.383 e. The van der Waals surface area contributed by atoms with Crippen LogP contribution in [-0.4, -0.2) is 18.2 Å². The Balaban J connectivity index is 2.14. The highest BCUT2D eigenvalue weighted by Crippen LogP contribution is 2.35. The first kappa shape index (κ1) is 12.4. The zero-order valence-electron chi connectivity index (χ0n) is 10.7. The summed E-state index contributed by atoms with van der Waals surface area (Å²) in [7, 11) is 0. The van der Waals surface area contributed by atoms with Crippen molar-refractivity contribution in [2.24, 2.45) is 11.8 Å². The first-order valence-corrected chi connectivity index (χ1v) is 6.46. The van der Waals surface area contributed by atoms with Crippen LogP contribution >= 0.6 is 0 Å². The third-order valence-electron chi connectivity index (χ3n) is 3.69. The number of rotatable bonds is 4. The first-order chi connectivity index (χ1) is 8.18. The zero-order valence-corrected chi connectivity index (χ0v) is 10.7. The van der Waals surface area contributed by atoms with Gasteiger partial charge in [-0.05, 0) is 42.2 Å². The summed E-state index contributed by atoms with van der Waals surface area (Å²) in [6.07, 6.45) is 4.10. The van der Waals surface area contributed by atoms with E-state index in [0.29, 0.717) is 23.6 Å². The minimum atomic E-state index is 0.496. The maximum Gasteiger partial charge on any atom is 0.126 e. The second kappa shape index (κ2) is 5.50. The molecule has 3 nitrogen and oxygen atoms in total. The van der Waals surface area contributed by atoms with E-state index in [1.165, 1.54) is 12.0 Å². The number of anilines is 1. The number of pyridine rings is 1. The Morgan fingerprint density at radius 2 is 2.35 bits per heavy atom. The van der Waals surface area contributed by atoms with E-state index in [-0.39, 0.29) is 0 Å². The van der Waals surface area contributed by atoms with Crippen LogP contribution in [0.1, 0.15) is 38.2 Å². The molecule has 0 radical (unpaired) electrons. The first-order valence-electron chi connectivity index (χ1n) is 6.46. The van der Waals surface area contributed by atoms with Gasteiger partial charge in [0.05, 0.1) is 0 Å². The summed E-state index contributed by atoms with van der Waals surface area (Å²) in [6.45, 7) is 6.33. The summed E-state index contributed by atoms with van der Waals surface area (Å²) in [5, 5.41) is 0. The summed E-state index contributed by atoms with van der Waals surface area (Å²) in [5.74, 6) is 2.45. The van der Waals surface area contributed by atoms with Gasteiger partial charge in [-0.1, -0.05) is 19.9 Å². The molecule has 3 heteroatoms. The lowest BCUT2D eigenvalue weighted by atomic mass is 9.81. The molecule has 1 saturated heterocycles. The van der Waals surface area contributed by atoms with E-state index in [2.05, 4.69) is 24.9 Å². The van der Waals surface area contributed by atoms with Crippen molar-refractivity contribution < 1.29 is 4.74 Å². The molecule has 0 amide bonds. The van der Waals surface area contributed by atoms with Crippen molar-refractivity contribution >= 4 is 5.82 Å². The molecule has 17 heavy (non-hydrogen) atoms. The molecule has 1 aliphatic rings. The van der Waals surface area contributed by atoms with Gasteiger partial charge in [-0.3, -0.25) is 0 Å². The van der Waals surface area contributed by atoms with Crippen LogP contribution in [0.15, 0.2) is 18.3 Å². The van der Waals surface area contributed by atoms with Crippen molar-refractivity contribution in [1.82, 2.24) is 4.98 Å². The number of ether oxygens (including phenoxy) is 1. The monoisotopic (exact) mass is 234 g/mol. The van der Waals surface area contributed by atoms with E-state index >= 15 is 0 Å². The molecule has 0 bridgehead atoms. The van der Waals surface area contributed by atoms with Crippen LogP contribution in [0, 0.1) is 11.8 Å². The molecule has 1 aromatic rings. The van der Waals surface area contributed by atoms with E-state index in [1.807, 2.05) is 6.07 Å². The SMILES string of the molecule is CC(C)C(CC1CCOC1)c1cccnc1N. The van der Waals surface area contributed by atoms with Gasteiger partial charge in [-0.15, -0.1) is 0 Å². The van der Waals surface area contributed by atoms with Crippen LogP contribution in [0.4, 0.5) is 5.82 Å². The van der Waals surface area contributed by atoms with Crippen molar-refractivity contribution in [3.8, 4) is 0 Å². The van der Waals surface area contributed by atoms with Crippen molar-refractivity contribution in [3.05, 3.63) is 23.9 Å². The molecule has 0 aromatic carbocycles. The zero-order chi connectivity index (χ0) is 12.3. The summed E-state index contributed by atoms with van der Waals surface area (Å²) in [4.78, 5) is 4.20. The number of hydrogen-bond donors (Lipinski definition) is 1. The van der Waals surface area contributed by atoms with Gasteiger partial charge in [0.15, 0.2) is 0 Å². The van der Waals surface area contributed by atoms with Crippen LogP contribution in [-0.2, 0) is 4.74 Å². The minimum Gasteiger partial charge on any atom is -0.383 e. The van der Waals surface area contributed by atoms with Gasteiger partial charge in [0.2, 0.25) is 0 Å². The molecule has 1 fully saturated rings. The maximum atomic E-state index is 5.99. The third kappa shape index (κ3) is 2.97. The van der Waals surface area contributed by atoms with E-state index in [9.17, 15) is 0 Å². The molecular formula is C14H22N2O. The predicted octanol–water partition coefficient (Wildman–Crippen LogP) is 2.83. The Morgan fingerprint density at radius 1 is 1.53 bits per heavy atom. The van der Waals surface area contributed by atoms with Gasteiger partial charge in [-0.25, -0.2) is 4.98 Å². The molecule has 2 heterocycles. The molecule has 1 aliphatic heterocycles. The fraction of sp³-hybridized carbons (Fsp3) is 0.643. The normalized spacial score (nSPS) is 21.9. The van der Waals surface area contributed by atoms with E-state index in [1.54, 1.807) is 6.20 Å². The van der Waals surface area contributed by atoms with Crippen LogP contribution < -0.4 is 5.73 Å². The molecule has 2 N–H and O–H groups in total. The summed E-state index contributed by atoms with van der Waals surface area (Å²) in [6, 6.07) is 4.09. The van der Waals surface area contributed by atoms with Gasteiger partial charge < -0.3 is 10.5 Å². The molecule has 1 aromatic heterocycles. The average Bonchev–Trinajstić information content (AvgIpc) is 2.79. The summed E-state index contributed by atoms with van der Waals surface area (Å²) >= 11 is 0. The predicted molar refractivity (Wildman–Crippen MR) is 69.8 cm³/mol. The number of aromatic nitrogens is 1. The second-order valence-corrected chi connectivity index (χ2v) is 5.29. The molecule has 0 saturated carbocycles. The Morgan fingerprint density at radius 3 is 2.94 bits per heavy atom. The number of nitrogens with zero attached hydrogens (tertiary/aromatic N) is 1. The second-order valence-electron chi connectivity index (χ2n) is 5.29. The molecule has 0 spiro atoms. The number of nitrogens with two attached hydrogens (primary N) is 1. The number of nitrogen functional groups attached to an aromatic ring is 1. The highest BCUT2D eigenvalue weighted by Gasteiger charge is 2.25. The maximum absolute atomic E-state index is 5.99. The Labute approximate surface area is 103 Å². The van der Waals surface area contributed by atoms with Crippen molar-refractivity contribution in [1.29, 1.82) is 0 Å². The lowest BCUT2D eigenvalue weighted by molar-refractivity contribution is 0.181. The highest BCUT2D eigenvalue weighted by molar-refractivity contribution is 5.41. The van der Waals surface area contributed by atoms with Crippen LogP contribution in [0.25, 0.3) is 0 Å². The molecular weight excluding hydrogens is 212 g/mol. The fourth-order valence-electron chi connectivity index (χ4n) is 2.63. The lowest BCUT2D eigenvalue weighted by Gasteiger charge is -2.24. The van der Waals surface area contributed by atoms with Gasteiger partial charge in [0.1, 0.15) is 5.82 Å². The fourth-order valence-corrected chi connectivity index (χ4v) is 2.63. The Bertz CT molecular complexity index is 359. The highest BCUT2D eigenvalue weighted by atomic mass is 16.5. The van der Waals surface area contributed by atoms with Crippen molar-refractivity contribution in [2.75, 3.05) is 18.9 Å². The topological polar surface area (TPSA) is 48.1 Å². The van der Waals surface area contributed by atoms with E-state index in [4.69, 9.17) is 10.5 Å². The summed E-state index contributed by atoms with van der Waals surface area (Å²) in [5.41, 5.74) is 7.19. The van der Waals surface area contributed by atoms with Gasteiger partial charge in [0, 0.05) is 19.4 Å². The van der Waals surface area contributed by atoms with Gasteiger partial charge >= 0.3 is 0 Å². The van der Waals surface area contributed by atoms with Crippen LogP contribution in [0.5, 0.6) is 0 Å². The van der Waals surface area contributed by atoms with E-state index < -0.39 is 0 Å². The molecule has 2 atom stereocenters. The standard InChI is InChI=1S/C14H22N2O/c1-10(2)13(8-11-5-7-17-9-11)12-4-3-6-16-14(12)15/h3-4,6,10-11,13H,5,7-9H2,1-2H3,(H2,15,16). The number of hydrogen-bond acceptors (Lipinski definition) is 3. The summed E-state index contributed by atoms with van der Waals surface area (Å²) < 4.78 is 5.46. The lowest BCUT2D eigenvalue weighted by Crippen LogP contribution is -2.15. The molecule has 94 valence electrons. The molecule has 2 rings (SSSR count). The Hall–Kier alpha value is -1.09. The van der Waals surface area contributed by atoms with E-state index in [0.717, 1.165) is 19.6 Å².